The van der Waals surface area contributed by atoms with Crippen LogP contribution in [0.25, 0.3) is 0 Å². The first-order chi connectivity index (χ1) is 9.08. The molecule has 19 heavy (non-hydrogen) atoms. The normalized spacial score (nSPS) is 10.3. The zero-order chi connectivity index (χ0) is 13.8. The number of rotatable bonds is 4. The third kappa shape index (κ3) is 3.36. The number of Topliss-reactive ketones (excluding diaryl/α,β-unsaturated/α-hetero) is 1. The molecule has 0 saturated heterocycles. The fraction of sp³-hybridized carbons (Fsp3) is 0.188. The van der Waals surface area contributed by atoms with Gasteiger partial charge >= 0.3 is 0 Å². The molecule has 3 heteroatoms. The molecule has 0 bridgehead atoms. The van der Waals surface area contributed by atoms with Crippen LogP contribution >= 0.6 is 11.6 Å². The summed E-state index contributed by atoms with van der Waals surface area (Å²) in [4.78, 5) is 12.1. The maximum absolute atomic E-state index is 12.1. The number of hydrogen-bond donors (Lipinski definition) is 0. The number of ether oxygens (including phenoxy) is 1. The van der Waals surface area contributed by atoms with Gasteiger partial charge in [-0.25, -0.2) is 0 Å². The molecule has 2 aromatic carbocycles. The minimum Gasteiger partial charge on any atom is -0.484 e. The zero-order valence-corrected chi connectivity index (χ0v) is 11.7. The van der Waals surface area contributed by atoms with Crippen molar-refractivity contribution in [3.05, 3.63) is 64.2 Å². The van der Waals surface area contributed by atoms with E-state index in [4.69, 9.17) is 16.3 Å². The topological polar surface area (TPSA) is 26.3 Å². The van der Waals surface area contributed by atoms with Gasteiger partial charge in [0.15, 0.2) is 12.4 Å². The van der Waals surface area contributed by atoms with Crippen LogP contribution in [0, 0.1) is 13.8 Å². The van der Waals surface area contributed by atoms with Crippen molar-refractivity contribution in [2.24, 2.45) is 0 Å². The molecule has 0 heterocycles. The number of hydrogen-bond acceptors (Lipinski definition) is 2. The van der Waals surface area contributed by atoms with Gasteiger partial charge in [-0.05, 0) is 37.1 Å². The quantitative estimate of drug-likeness (QED) is 0.781. The van der Waals surface area contributed by atoms with E-state index in [-0.39, 0.29) is 12.4 Å². The Morgan fingerprint density at radius 2 is 1.89 bits per heavy atom. The van der Waals surface area contributed by atoms with Crippen molar-refractivity contribution in [3.8, 4) is 5.75 Å². The van der Waals surface area contributed by atoms with E-state index in [2.05, 4.69) is 0 Å². The highest BCUT2D eigenvalue weighted by Crippen LogP contribution is 2.25. The molecule has 0 radical (unpaired) electrons. The fourth-order valence-corrected chi connectivity index (χ4v) is 2.00. The predicted molar refractivity (Wildman–Crippen MR) is 77.2 cm³/mol. The van der Waals surface area contributed by atoms with E-state index in [0.717, 1.165) is 11.1 Å². The average Bonchev–Trinajstić information content (AvgIpc) is 2.40. The molecule has 0 amide bonds. The highest BCUT2D eigenvalue weighted by atomic mass is 35.5. The smallest absolute Gasteiger partial charge is 0.200 e. The minimum atomic E-state index is -0.0457. The molecule has 2 rings (SSSR count). The lowest BCUT2D eigenvalue weighted by Crippen LogP contribution is -2.13. The highest BCUT2D eigenvalue weighted by molar-refractivity contribution is 6.32. The highest BCUT2D eigenvalue weighted by Gasteiger charge is 2.10. The number of carbonyl (C=O) groups excluding carboxylic acids is 1. The van der Waals surface area contributed by atoms with E-state index in [1.54, 1.807) is 12.1 Å². The van der Waals surface area contributed by atoms with Crippen molar-refractivity contribution >= 4 is 17.4 Å². The third-order valence-electron chi connectivity index (χ3n) is 2.89. The van der Waals surface area contributed by atoms with Gasteiger partial charge in [0.2, 0.25) is 0 Å². The summed E-state index contributed by atoms with van der Waals surface area (Å²) < 4.78 is 5.51. The standard InChI is InChI=1S/C16H15ClO2/c1-11-7-8-14(17)16(9-11)19-10-15(18)13-6-4-3-5-12(13)2/h3-9H,10H2,1-2H3. The maximum atomic E-state index is 12.1. The summed E-state index contributed by atoms with van der Waals surface area (Å²) in [6.07, 6.45) is 0. The second-order valence-corrected chi connectivity index (χ2v) is 4.87. The Kier molecular flexibility index (Phi) is 4.23. The van der Waals surface area contributed by atoms with Gasteiger partial charge in [0.05, 0.1) is 5.02 Å². The van der Waals surface area contributed by atoms with Crippen molar-refractivity contribution in [1.29, 1.82) is 0 Å². The van der Waals surface area contributed by atoms with E-state index in [0.29, 0.717) is 16.3 Å². The summed E-state index contributed by atoms with van der Waals surface area (Å²) in [6, 6.07) is 13.0. The third-order valence-corrected chi connectivity index (χ3v) is 3.20. The van der Waals surface area contributed by atoms with E-state index in [1.165, 1.54) is 0 Å². The molecule has 0 atom stereocenters. The fourth-order valence-electron chi connectivity index (χ4n) is 1.83. The summed E-state index contributed by atoms with van der Waals surface area (Å²) in [5.74, 6) is 0.499. The number of carbonyl (C=O) groups is 1. The summed E-state index contributed by atoms with van der Waals surface area (Å²) in [5.41, 5.74) is 2.68. The first-order valence-electron chi connectivity index (χ1n) is 6.05. The summed E-state index contributed by atoms with van der Waals surface area (Å²) in [7, 11) is 0. The van der Waals surface area contributed by atoms with Crippen LogP contribution in [0.5, 0.6) is 5.75 Å². The molecule has 0 aliphatic rings. The number of benzene rings is 2. The predicted octanol–water partition coefficient (Wildman–Crippen LogP) is 4.22. The second kappa shape index (κ2) is 5.89. The van der Waals surface area contributed by atoms with Crippen LogP contribution in [0.15, 0.2) is 42.5 Å². The van der Waals surface area contributed by atoms with Crippen LogP contribution in [0.2, 0.25) is 5.02 Å². The van der Waals surface area contributed by atoms with Gasteiger partial charge in [0.25, 0.3) is 0 Å². The molecule has 2 nitrogen and oxygen atoms in total. The molecular formula is C16H15ClO2. The molecule has 0 aliphatic heterocycles. The lowest BCUT2D eigenvalue weighted by atomic mass is 10.1. The lowest BCUT2D eigenvalue weighted by molar-refractivity contribution is 0.0921. The second-order valence-electron chi connectivity index (χ2n) is 4.46. The summed E-state index contributed by atoms with van der Waals surface area (Å²) in [5, 5.41) is 0.517. The Hall–Kier alpha value is -1.80. The lowest BCUT2D eigenvalue weighted by Gasteiger charge is -2.09. The first kappa shape index (κ1) is 13.6. The van der Waals surface area contributed by atoms with E-state index >= 15 is 0 Å². The van der Waals surface area contributed by atoms with E-state index in [1.807, 2.05) is 44.2 Å². The van der Waals surface area contributed by atoms with Gasteiger partial charge in [-0.3, -0.25) is 4.79 Å². The Morgan fingerprint density at radius 3 is 2.63 bits per heavy atom. The number of ketones is 1. The summed E-state index contributed by atoms with van der Waals surface area (Å²) in [6.45, 7) is 3.85. The van der Waals surface area contributed by atoms with Crippen LogP contribution in [0.4, 0.5) is 0 Å². The molecule has 2 aromatic rings. The van der Waals surface area contributed by atoms with E-state index in [9.17, 15) is 4.79 Å². The molecule has 0 fully saturated rings. The first-order valence-corrected chi connectivity index (χ1v) is 6.43. The van der Waals surface area contributed by atoms with Gasteiger partial charge in [-0.15, -0.1) is 0 Å². The Morgan fingerprint density at radius 1 is 1.16 bits per heavy atom. The Labute approximate surface area is 118 Å². The van der Waals surface area contributed by atoms with Crippen molar-refractivity contribution < 1.29 is 9.53 Å². The van der Waals surface area contributed by atoms with Gasteiger partial charge in [-0.1, -0.05) is 41.9 Å². The average molecular weight is 275 g/mol. The van der Waals surface area contributed by atoms with Gasteiger partial charge in [0, 0.05) is 5.56 Å². The Bertz CT molecular complexity index is 605. The van der Waals surface area contributed by atoms with Crippen molar-refractivity contribution in [2.75, 3.05) is 6.61 Å². The van der Waals surface area contributed by atoms with Crippen molar-refractivity contribution in [3.63, 3.8) is 0 Å². The maximum Gasteiger partial charge on any atom is 0.200 e. The summed E-state index contributed by atoms with van der Waals surface area (Å²) >= 11 is 6.02. The molecule has 98 valence electrons. The molecular weight excluding hydrogens is 260 g/mol. The largest absolute Gasteiger partial charge is 0.484 e. The zero-order valence-electron chi connectivity index (χ0n) is 10.9. The molecule has 0 aromatic heterocycles. The molecule has 0 N–H and O–H groups in total. The Balaban J connectivity index is 2.09. The minimum absolute atomic E-state index is 0.00593. The molecule has 0 spiro atoms. The van der Waals surface area contributed by atoms with Gasteiger partial charge in [-0.2, -0.15) is 0 Å². The van der Waals surface area contributed by atoms with Crippen LogP contribution in [-0.4, -0.2) is 12.4 Å². The van der Waals surface area contributed by atoms with Crippen molar-refractivity contribution in [2.45, 2.75) is 13.8 Å². The van der Waals surface area contributed by atoms with Gasteiger partial charge in [0.1, 0.15) is 5.75 Å². The van der Waals surface area contributed by atoms with Crippen LogP contribution in [-0.2, 0) is 0 Å². The van der Waals surface area contributed by atoms with E-state index < -0.39 is 0 Å². The van der Waals surface area contributed by atoms with Crippen LogP contribution in [0.3, 0.4) is 0 Å². The number of halogens is 1. The number of aryl methyl sites for hydroxylation is 2. The van der Waals surface area contributed by atoms with Crippen molar-refractivity contribution in [1.82, 2.24) is 0 Å². The molecule has 0 aliphatic carbocycles. The van der Waals surface area contributed by atoms with Crippen LogP contribution < -0.4 is 4.74 Å². The molecule has 0 unspecified atom stereocenters. The van der Waals surface area contributed by atoms with Gasteiger partial charge < -0.3 is 4.74 Å². The SMILES string of the molecule is Cc1ccc(Cl)c(OCC(=O)c2ccccc2C)c1. The van der Waals surface area contributed by atoms with Crippen LogP contribution in [0.1, 0.15) is 21.5 Å². The molecule has 0 saturated carbocycles. The monoisotopic (exact) mass is 274 g/mol.